The van der Waals surface area contributed by atoms with Crippen molar-refractivity contribution in [2.75, 3.05) is 5.32 Å². The van der Waals surface area contributed by atoms with Gasteiger partial charge < -0.3 is 16.3 Å². The van der Waals surface area contributed by atoms with E-state index in [1.54, 1.807) is 7.05 Å². The van der Waals surface area contributed by atoms with Crippen molar-refractivity contribution >= 4 is 17.6 Å². The van der Waals surface area contributed by atoms with E-state index in [1.807, 2.05) is 6.92 Å². The van der Waals surface area contributed by atoms with Gasteiger partial charge in [-0.1, -0.05) is 18.5 Å². The predicted molar refractivity (Wildman–Crippen MR) is 63.9 cm³/mol. The van der Waals surface area contributed by atoms with Crippen molar-refractivity contribution in [3.8, 4) is 0 Å². The molecule has 1 heterocycles. The van der Waals surface area contributed by atoms with E-state index >= 15 is 0 Å². The predicted octanol–water partition coefficient (Wildman–Crippen LogP) is 0.643. The van der Waals surface area contributed by atoms with Crippen LogP contribution in [0.1, 0.15) is 31.7 Å². The second kappa shape index (κ2) is 5.88. The van der Waals surface area contributed by atoms with Gasteiger partial charge in [0.2, 0.25) is 5.91 Å². The van der Waals surface area contributed by atoms with Crippen LogP contribution in [0.15, 0.2) is 11.4 Å². The highest BCUT2D eigenvalue weighted by Gasteiger charge is 2.14. The number of hydrogen-bond donors (Lipinski definition) is 3. The van der Waals surface area contributed by atoms with Crippen molar-refractivity contribution < 1.29 is 10.0 Å². The van der Waals surface area contributed by atoms with Crippen molar-refractivity contribution in [2.24, 2.45) is 17.9 Å². The summed E-state index contributed by atoms with van der Waals surface area (Å²) >= 11 is 0. The molecule has 1 rings (SSSR count). The first-order valence-corrected chi connectivity index (χ1v) is 5.39. The maximum Gasteiger partial charge on any atom is 0.225 e. The molecular weight excluding hydrogens is 222 g/mol. The van der Waals surface area contributed by atoms with Crippen LogP contribution in [-0.2, 0) is 11.8 Å². The monoisotopic (exact) mass is 239 g/mol. The van der Waals surface area contributed by atoms with Crippen LogP contribution in [0, 0.1) is 0 Å². The van der Waals surface area contributed by atoms with E-state index in [1.165, 1.54) is 10.9 Å². The largest absolute Gasteiger partial charge is 0.409 e. The van der Waals surface area contributed by atoms with E-state index in [0.29, 0.717) is 17.8 Å². The number of anilines is 1. The minimum Gasteiger partial charge on any atom is -0.409 e. The first-order valence-electron chi connectivity index (χ1n) is 5.39. The molecule has 94 valence electrons. The quantitative estimate of drug-likeness (QED) is 0.303. The highest BCUT2D eigenvalue weighted by atomic mass is 16.4. The van der Waals surface area contributed by atoms with Gasteiger partial charge in [-0.25, -0.2) is 0 Å². The Kier molecular flexibility index (Phi) is 4.50. The lowest BCUT2D eigenvalue weighted by atomic mass is 10.2. The van der Waals surface area contributed by atoms with E-state index in [4.69, 9.17) is 10.9 Å². The molecule has 1 aromatic heterocycles. The Morgan fingerprint density at radius 1 is 1.71 bits per heavy atom. The summed E-state index contributed by atoms with van der Waals surface area (Å²) in [6.07, 6.45) is 3.65. The summed E-state index contributed by atoms with van der Waals surface area (Å²) in [6.45, 7) is 2.01. The molecule has 0 aliphatic rings. The van der Waals surface area contributed by atoms with Crippen LogP contribution in [-0.4, -0.2) is 26.7 Å². The van der Waals surface area contributed by atoms with Crippen LogP contribution < -0.4 is 11.1 Å². The highest BCUT2D eigenvalue weighted by molar-refractivity contribution is 6.04. The van der Waals surface area contributed by atoms with Gasteiger partial charge in [0, 0.05) is 13.5 Å². The number of rotatable bonds is 5. The molecule has 0 fully saturated rings. The molecule has 0 radical (unpaired) electrons. The van der Waals surface area contributed by atoms with Crippen LogP contribution in [0.25, 0.3) is 0 Å². The van der Waals surface area contributed by atoms with Crippen LogP contribution in [0.5, 0.6) is 0 Å². The van der Waals surface area contributed by atoms with Crippen molar-refractivity contribution in [1.82, 2.24) is 9.78 Å². The van der Waals surface area contributed by atoms with E-state index in [2.05, 4.69) is 15.6 Å². The first kappa shape index (κ1) is 13.0. The summed E-state index contributed by atoms with van der Waals surface area (Å²) in [6, 6.07) is 0. The first-order chi connectivity index (χ1) is 8.10. The van der Waals surface area contributed by atoms with Crippen molar-refractivity contribution in [2.45, 2.75) is 26.2 Å². The van der Waals surface area contributed by atoms with Crippen molar-refractivity contribution in [3.63, 3.8) is 0 Å². The second-order valence-electron chi connectivity index (χ2n) is 3.67. The zero-order valence-electron chi connectivity index (χ0n) is 9.97. The van der Waals surface area contributed by atoms with E-state index in [-0.39, 0.29) is 11.7 Å². The molecule has 0 aromatic carbocycles. The van der Waals surface area contributed by atoms with Gasteiger partial charge in [0.1, 0.15) is 5.82 Å². The maximum atomic E-state index is 11.6. The third-order valence-electron chi connectivity index (χ3n) is 2.34. The van der Waals surface area contributed by atoms with E-state index in [0.717, 1.165) is 12.8 Å². The fourth-order valence-electron chi connectivity index (χ4n) is 1.36. The SMILES string of the molecule is CCCCC(=O)Nc1c(C(N)=NO)cnn1C. The minimum absolute atomic E-state index is 0.0797. The zero-order valence-corrected chi connectivity index (χ0v) is 9.97. The van der Waals surface area contributed by atoms with E-state index in [9.17, 15) is 4.79 Å². The molecule has 0 aliphatic heterocycles. The number of amidine groups is 1. The number of hydrogen-bond acceptors (Lipinski definition) is 4. The van der Waals surface area contributed by atoms with Gasteiger partial charge in [-0.15, -0.1) is 0 Å². The van der Waals surface area contributed by atoms with Gasteiger partial charge in [0.15, 0.2) is 5.84 Å². The fraction of sp³-hybridized carbons (Fsp3) is 0.500. The van der Waals surface area contributed by atoms with Crippen LogP contribution in [0.3, 0.4) is 0 Å². The highest BCUT2D eigenvalue weighted by Crippen LogP contribution is 2.14. The Morgan fingerprint density at radius 3 is 3.00 bits per heavy atom. The number of carbonyl (C=O) groups excluding carboxylic acids is 1. The molecule has 0 saturated carbocycles. The summed E-state index contributed by atoms with van der Waals surface area (Å²) in [7, 11) is 1.67. The van der Waals surface area contributed by atoms with Gasteiger partial charge >= 0.3 is 0 Å². The maximum absolute atomic E-state index is 11.6. The number of carbonyl (C=O) groups is 1. The number of nitrogens with zero attached hydrogens (tertiary/aromatic N) is 3. The smallest absolute Gasteiger partial charge is 0.225 e. The topological polar surface area (TPSA) is 106 Å². The molecule has 0 unspecified atom stereocenters. The van der Waals surface area contributed by atoms with Crippen molar-refractivity contribution in [3.05, 3.63) is 11.8 Å². The summed E-state index contributed by atoms with van der Waals surface area (Å²) in [5.41, 5.74) is 5.88. The molecule has 0 bridgehead atoms. The average molecular weight is 239 g/mol. The molecule has 0 aliphatic carbocycles. The molecule has 4 N–H and O–H groups in total. The number of aryl methyl sites for hydroxylation is 1. The third-order valence-corrected chi connectivity index (χ3v) is 2.34. The zero-order chi connectivity index (χ0) is 12.8. The number of oxime groups is 1. The van der Waals surface area contributed by atoms with Crippen molar-refractivity contribution in [1.29, 1.82) is 0 Å². The fourth-order valence-corrected chi connectivity index (χ4v) is 1.36. The lowest BCUT2D eigenvalue weighted by Crippen LogP contribution is -2.19. The van der Waals surface area contributed by atoms with Gasteiger partial charge in [-0.2, -0.15) is 5.10 Å². The standard InChI is InChI=1S/C10H17N5O2/c1-3-4-5-8(16)13-10-7(9(11)14-17)6-12-15(10)2/h6,17H,3-5H2,1-2H3,(H2,11,14)(H,13,16). The molecule has 17 heavy (non-hydrogen) atoms. The number of aromatic nitrogens is 2. The number of nitrogens with two attached hydrogens (primary N) is 1. The van der Waals surface area contributed by atoms with E-state index < -0.39 is 0 Å². The summed E-state index contributed by atoms with van der Waals surface area (Å²) in [5.74, 6) is 0.243. The lowest BCUT2D eigenvalue weighted by Gasteiger charge is -2.07. The summed E-state index contributed by atoms with van der Waals surface area (Å²) < 4.78 is 1.47. The molecule has 7 nitrogen and oxygen atoms in total. The van der Waals surface area contributed by atoms with Gasteiger partial charge in [-0.05, 0) is 6.42 Å². The molecular formula is C10H17N5O2. The van der Waals surface area contributed by atoms with Gasteiger partial charge in [-0.3, -0.25) is 9.48 Å². The van der Waals surface area contributed by atoms with Gasteiger partial charge in [0.25, 0.3) is 0 Å². The summed E-state index contributed by atoms with van der Waals surface area (Å²) in [5, 5.41) is 18.2. The molecule has 1 amide bonds. The normalized spacial score (nSPS) is 11.5. The van der Waals surface area contributed by atoms with Crippen LogP contribution >= 0.6 is 0 Å². The molecule has 0 saturated heterocycles. The number of unbranched alkanes of at least 4 members (excludes halogenated alkanes) is 1. The average Bonchev–Trinajstić information content (AvgIpc) is 2.67. The molecule has 7 heteroatoms. The van der Waals surface area contributed by atoms with Gasteiger partial charge in [0.05, 0.1) is 11.8 Å². The Labute approximate surface area is 99.3 Å². The Bertz CT molecular complexity index is 424. The minimum atomic E-state index is -0.109. The second-order valence-corrected chi connectivity index (χ2v) is 3.67. The molecule has 0 atom stereocenters. The van der Waals surface area contributed by atoms with Crippen LogP contribution in [0.2, 0.25) is 0 Å². The Hall–Kier alpha value is -2.05. The molecule has 1 aromatic rings. The Balaban J connectivity index is 2.83. The number of amides is 1. The Morgan fingerprint density at radius 2 is 2.41 bits per heavy atom. The lowest BCUT2D eigenvalue weighted by molar-refractivity contribution is -0.116. The number of nitrogens with one attached hydrogen (secondary N) is 1. The molecule has 0 spiro atoms. The third kappa shape index (κ3) is 3.20. The summed E-state index contributed by atoms with van der Waals surface area (Å²) in [4.78, 5) is 11.6. The van der Waals surface area contributed by atoms with Crippen LogP contribution in [0.4, 0.5) is 5.82 Å².